The van der Waals surface area contributed by atoms with Gasteiger partial charge in [-0.1, -0.05) is 19.1 Å². The van der Waals surface area contributed by atoms with Crippen molar-refractivity contribution < 1.29 is 4.79 Å². The number of rotatable bonds is 3. The highest BCUT2D eigenvalue weighted by Gasteiger charge is 2.12. The SMILES string of the molecule is CCc1sc(C(=O)Nc2ccccc2I)cc1C. The highest BCUT2D eigenvalue weighted by Crippen LogP contribution is 2.24. The molecular weight excluding hydrogens is 357 g/mol. The van der Waals surface area contributed by atoms with Gasteiger partial charge < -0.3 is 5.32 Å². The van der Waals surface area contributed by atoms with Crippen LogP contribution in [0, 0.1) is 10.5 Å². The summed E-state index contributed by atoms with van der Waals surface area (Å²) in [7, 11) is 0. The van der Waals surface area contributed by atoms with Crippen molar-refractivity contribution in [1.82, 2.24) is 0 Å². The third-order valence-corrected chi connectivity index (χ3v) is 5.01. The Morgan fingerprint density at radius 3 is 2.72 bits per heavy atom. The zero-order valence-corrected chi connectivity index (χ0v) is 13.3. The van der Waals surface area contributed by atoms with Gasteiger partial charge in [0, 0.05) is 8.45 Å². The first-order valence-corrected chi connectivity index (χ1v) is 7.66. The van der Waals surface area contributed by atoms with Gasteiger partial charge in [-0.15, -0.1) is 11.3 Å². The van der Waals surface area contributed by atoms with Gasteiger partial charge in [-0.2, -0.15) is 0 Å². The Bertz CT molecular complexity index is 577. The summed E-state index contributed by atoms with van der Waals surface area (Å²) in [6, 6.07) is 9.75. The molecule has 0 radical (unpaired) electrons. The molecule has 1 aromatic heterocycles. The van der Waals surface area contributed by atoms with E-state index >= 15 is 0 Å². The van der Waals surface area contributed by atoms with Crippen LogP contribution < -0.4 is 5.32 Å². The number of thiophene rings is 1. The minimum Gasteiger partial charge on any atom is -0.320 e. The maximum absolute atomic E-state index is 12.1. The molecule has 0 spiro atoms. The summed E-state index contributed by atoms with van der Waals surface area (Å²) in [5.41, 5.74) is 2.07. The maximum atomic E-state index is 12.1. The third kappa shape index (κ3) is 2.92. The van der Waals surface area contributed by atoms with Gasteiger partial charge in [-0.3, -0.25) is 4.79 Å². The summed E-state index contributed by atoms with van der Waals surface area (Å²) in [4.78, 5) is 14.2. The van der Waals surface area contributed by atoms with Crippen molar-refractivity contribution in [3.8, 4) is 0 Å². The van der Waals surface area contributed by atoms with Crippen LogP contribution in [-0.4, -0.2) is 5.91 Å². The van der Waals surface area contributed by atoms with Crippen LogP contribution in [0.4, 0.5) is 5.69 Å². The first-order chi connectivity index (χ1) is 8.61. The number of nitrogens with one attached hydrogen (secondary N) is 1. The second-order valence-electron chi connectivity index (χ2n) is 4.00. The average molecular weight is 371 g/mol. The fourth-order valence-electron chi connectivity index (χ4n) is 1.73. The minimum atomic E-state index is -0.0214. The van der Waals surface area contributed by atoms with E-state index in [2.05, 4.69) is 41.8 Å². The summed E-state index contributed by atoms with van der Waals surface area (Å²) >= 11 is 3.80. The zero-order valence-electron chi connectivity index (χ0n) is 10.3. The van der Waals surface area contributed by atoms with Gasteiger partial charge in [-0.05, 0) is 59.7 Å². The van der Waals surface area contributed by atoms with Gasteiger partial charge in [0.2, 0.25) is 0 Å². The number of aryl methyl sites for hydroxylation is 2. The molecule has 1 aromatic carbocycles. The Hall–Kier alpha value is -0.880. The van der Waals surface area contributed by atoms with Crippen LogP contribution in [0.25, 0.3) is 0 Å². The molecule has 0 saturated carbocycles. The molecule has 2 aromatic rings. The molecule has 0 saturated heterocycles. The van der Waals surface area contributed by atoms with Gasteiger partial charge in [0.05, 0.1) is 10.6 Å². The molecule has 0 fully saturated rings. The molecule has 0 aliphatic heterocycles. The second-order valence-corrected chi connectivity index (χ2v) is 6.30. The van der Waals surface area contributed by atoms with Crippen molar-refractivity contribution in [2.75, 3.05) is 5.32 Å². The molecule has 2 rings (SSSR count). The van der Waals surface area contributed by atoms with Gasteiger partial charge in [0.15, 0.2) is 0 Å². The molecular formula is C14H14INOS. The summed E-state index contributed by atoms with van der Waals surface area (Å²) in [6.45, 7) is 4.17. The number of carbonyl (C=O) groups is 1. The first-order valence-electron chi connectivity index (χ1n) is 5.77. The van der Waals surface area contributed by atoms with Crippen molar-refractivity contribution in [3.05, 3.63) is 49.2 Å². The lowest BCUT2D eigenvalue weighted by Gasteiger charge is -2.05. The standard InChI is InChI=1S/C14H14INOS/c1-3-12-9(2)8-13(18-12)14(17)16-11-7-5-4-6-10(11)15/h4-8H,3H2,1-2H3,(H,16,17). The first kappa shape index (κ1) is 13.5. The Labute approximate surface area is 125 Å². The van der Waals surface area contributed by atoms with E-state index in [9.17, 15) is 4.79 Å². The van der Waals surface area contributed by atoms with E-state index in [1.165, 1.54) is 10.4 Å². The van der Waals surface area contributed by atoms with Crippen LogP contribution >= 0.6 is 33.9 Å². The molecule has 1 heterocycles. The van der Waals surface area contributed by atoms with Crippen LogP contribution in [0.1, 0.15) is 27.0 Å². The fraction of sp³-hybridized carbons (Fsp3) is 0.214. The Kier molecular flexibility index (Phi) is 4.40. The molecule has 0 atom stereocenters. The largest absolute Gasteiger partial charge is 0.320 e. The van der Waals surface area contributed by atoms with E-state index in [1.807, 2.05) is 30.3 Å². The van der Waals surface area contributed by atoms with Crippen molar-refractivity contribution in [2.45, 2.75) is 20.3 Å². The second kappa shape index (κ2) is 5.84. The van der Waals surface area contributed by atoms with E-state index in [0.717, 1.165) is 20.6 Å². The zero-order chi connectivity index (χ0) is 13.1. The van der Waals surface area contributed by atoms with Crippen LogP contribution in [0.2, 0.25) is 0 Å². The summed E-state index contributed by atoms with van der Waals surface area (Å²) < 4.78 is 1.05. The molecule has 18 heavy (non-hydrogen) atoms. The normalized spacial score (nSPS) is 10.4. The van der Waals surface area contributed by atoms with Crippen LogP contribution in [0.5, 0.6) is 0 Å². The van der Waals surface area contributed by atoms with Crippen molar-refractivity contribution in [3.63, 3.8) is 0 Å². The molecule has 2 nitrogen and oxygen atoms in total. The summed E-state index contributed by atoms with van der Waals surface area (Å²) in [5, 5.41) is 2.96. The molecule has 0 unspecified atom stereocenters. The topological polar surface area (TPSA) is 29.1 Å². The fourth-order valence-corrected chi connectivity index (χ4v) is 3.26. The molecule has 1 amide bonds. The molecule has 94 valence electrons. The summed E-state index contributed by atoms with van der Waals surface area (Å²) in [5.74, 6) is -0.0214. The highest BCUT2D eigenvalue weighted by molar-refractivity contribution is 14.1. The van der Waals surface area contributed by atoms with Crippen LogP contribution in [0.3, 0.4) is 0 Å². The summed E-state index contributed by atoms with van der Waals surface area (Å²) in [6.07, 6.45) is 0.979. The highest BCUT2D eigenvalue weighted by atomic mass is 127. The van der Waals surface area contributed by atoms with E-state index in [0.29, 0.717) is 0 Å². The van der Waals surface area contributed by atoms with E-state index in [4.69, 9.17) is 0 Å². The van der Waals surface area contributed by atoms with Crippen LogP contribution in [-0.2, 0) is 6.42 Å². The quantitative estimate of drug-likeness (QED) is 0.793. The van der Waals surface area contributed by atoms with E-state index < -0.39 is 0 Å². The number of hydrogen-bond acceptors (Lipinski definition) is 2. The van der Waals surface area contributed by atoms with Gasteiger partial charge in [-0.25, -0.2) is 0 Å². The predicted molar refractivity (Wildman–Crippen MR) is 85.5 cm³/mol. The predicted octanol–water partition coefficient (Wildman–Crippen LogP) is 4.48. The number of halogens is 1. The van der Waals surface area contributed by atoms with Gasteiger partial charge >= 0.3 is 0 Å². The van der Waals surface area contributed by atoms with Gasteiger partial charge in [0.1, 0.15) is 0 Å². The van der Waals surface area contributed by atoms with E-state index in [-0.39, 0.29) is 5.91 Å². The van der Waals surface area contributed by atoms with Crippen LogP contribution in [0.15, 0.2) is 30.3 Å². The third-order valence-electron chi connectivity index (χ3n) is 2.69. The minimum absolute atomic E-state index is 0.0214. The number of carbonyl (C=O) groups excluding carboxylic acids is 1. The number of benzene rings is 1. The van der Waals surface area contributed by atoms with Gasteiger partial charge in [0.25, 0.3) is 5.91 Å². The lowest BCUT2D eigenvalue weighted by atomic mass is 10.2. The molecule has 0 aliphatic rings. The smallest absolute Gasteiger partial charge is 0.265 e. The molecule has 4 heteroatoms. The molecule has 1 N–H and O–H groups in total. The Morgan fingerprint density at radius 2 is 2.11 bits per heavy atom. The van der Waals surface area contributed by atoms with Crippen molar-refractivity contribution in [1.29, 1.82) is 0 Å². The molecule has 0 bridgehead atoms. The van der Waals surface area contributed by atoms with Crippen molar-refractivity contribution in [2.24, 2.45) is 0 Å². The molecule has 0 aliphatic carbocycles. The lowest BCUT2D eigenvalue weighted by Crippen LogP contribution is -2.10. The Morgan fingerprint density at radius 1 is 1.39 bits per heavy atom. The van der Waals surface area contributed by atoms with Crippen molar-refractivity contribution >= 4 is 45.5 Å². The number of para-hydroxylation sites is 1. The number of amides is 1. The average Bonchev–Trinajstić information content (AvgIpc) is 2.73. The van der Waals surface area contributed by atoms with E-state index in [1.54, 1.807) is 11.3 Å². The number of anilines is 1. The Balaban J connectivity index is 2.19. The lowest BCUT2D eigenvalue weighted by molar-refractivity contribution is 0.103. The maximum Gasteiger partial charge on any atom is 0.265 e. The number of hydrogen-bond donors (Lipinski definition) is 1. The monoisotopic (exact) mass is 371 g/mol.